The van der Waals surface area contributed by atoms with E-state index >= 15 is 0 Å². The summed E-state index contributed by atoms with van der Waals surface area (Å²) in [6, 6.07) is 9.45. The van der Waals surface area contributed by atoms with Crippen molar-refractivity contribution < 1.29 is 9.53 Å². The second-order valence-corrected chi connectivity index (χ2v) is 4.72. The lowest BCUT2D eigenvalue weighted by Crippen LogP contribution is -2.48. The number of hydrogen-bond donors (Lipinski definition) is 2. The van der Waals surface area contributed by atoms with Gasteiger partial charge in [0.2, 0.25) is 5.91 Å². The van der Waals surface area contributed by atoms with E-state index in [-0.39, 0.29) is 11.9 Å². The first kappa shape index (κ1) is 13.1. The Bertz CT molecular complexity index is 375. The topological polar surface area (TPSA) is 64.4 Å². The molecule has 1 aliphatic heterocycles. The van der Waals surface area contributed by atoms with Crippen molar-refractivity contribution in [1.82, 2.24) is 5.32 Å². The third-order valence-electron chi connectivity index (χ3n) is 3.14. The van der Waals surface area contributed by atoms with Crippen molar-refractivity contribution in [2.45, 2.75) is 31.3 Å². The third-order valence-corrected chi connectivity index (χ3v) is 3.14. The van der Waals surface area contributed by atoms with Crippen LogP contribution in [0, 0.1) is 0 Å². The molecule has 2 rings (SSSR count). The minimum atomic E-state index is -0.491. The van der Waals surface area contributed by atoms with Gasteiger partial charge >= 0.3 is 0 Å². The van der Waals surface area contributed by atoms with Gasteiger partial charge in [-0.25, -0.2) is 0 Å². The Morgan fingerprint density at radius 1 is 1.44 bits per heavy atom. The Morgan fingerprint density at radius 3 is 2.89 bits per heavy atom. The monoisotopic (exact) mass is 248 g/mol. The standard InChI is InChI=1S/C14H20N2O2/c15-13(9-11-5-2-1-3-6-11)14(17)16-12-7-4-8-18-10-12/h1-3,5-6,12-13H,4,7-10,15H2,(H,16,17)/t12?,13-/m1/s1. The zero-order valence-electron chi connectivity index (χ0n) is 10.5. The molecule has 1 unspecified atom stereocenters. The molecule has 1 aliphatic rings. The summed E-state index contributed by atoms with van der Waals surface area (Å²) in [6.07, 6.45) is 2.54. The molecule has 1 fully saturated rings. The number of nitrogens with one attached hydrogen (secondary N) is 1. The summed E-state index contributed by atoms with van der Waals surface area (Å²) < 4.78 is 5.33. The molecule has 3 N–H and O–H groups in total. The minimum absolute atomic E-state index is 0.0886. The summed E-state index contributed by atoms with van der Waals surface area (Å²) in [4.78, 5) is 11.9. The highest BCUT2D eigenvalue weighted by Gasteiger charge is 2.20. The Kier molecular flexibility index (Phi) is 4.73. The highest BCUT2D eigenvalue weighted by molar-refractivity contribution is 5.82. The van der Waals surface area contributed by atoms with Gasteiger partial charge in [-0.3, -0.25) is 4.79 Å². The molecule has 1 aromatic carbocycles. The number of rotatable bonds is 4. The second kappa shape index (κ2) is 6.52. The van der Waals surface area contributed by atoms with Gasteiger partial charge in [0, 0.05) is 6.61 Å². The van der Waals surface area contributed by atoms with Crippen LogP contribution in [0.5, 0.6) is 0 Å². The highest BCUT2D eigenvalue weighted by atomic mass is 16.5. The van der Waals surface area contributed by atoms with E-state index in [0.29, 0.717) is 13.0 Å². The fourth-order valence-electron chi connectivity index (χ4n) is 2.12. The molecule has 0 spiro atoms. The smallest absolute Gasteiger partial charge is 0.237 e. The van der Waals surface area contributed by atoms with Crippen LogP contribution in [-0.4, -0.2) is 31.2 Å². The van der Waals surface area contributed by atoms with E-state index in [1.165, 1.54) is 0 Å². The fraction of sp³-hybridized carbons (Fsp3) is 0.500. The maximum absolute atomic E-state index is 11.9. The van der Waals surface area contributed by atoms with Gasteiger partial charge in [0.05, 0.1) is 18.7 Å². The zero-order chi connectivity index (χ0) is 12.8. The highest BCUT2D eigenvalue weighted by Crippen LogP contribution is 2.07. The van der Waals surface area contributed by atoms with Crippen molar-refractivity contribution in [3.05, 3.63) is 35.9 Å². The van der Waals surface area contributed by atoms with Crippen LogP contribution >= 0.6 is 0 Å². The van der Waals surface area contributed by atoms with Crippen molar-refractivity contribution in [3.8, 4) is 0 Å². The van der Waals surface area contributed by atoms with Gasteiger partial charge in [0.15, 0.2) is 0 Å². The van der Waals surface area contributed by atoms with Gasteiger partial charge in [-0.1, -0.05) is 30.3 Å². The molecule has 18 heavy (non-hydrogen) atoms. The van der Waals surface area contributed by atoms with Gasteiger partial charge in [-0.2, -0.15) is 0 Å². The summed E-state index contributed by atoms with van der Waals surface area (Å²) in [5.74, 6) is -0.0886. The average molecular weight is 248 g/mol. The van der Waals surface area contributed by atoms with Crippen molar-refractivity contribution in [2.24, 2.45) is 5.73 Å². The second-order valence-electron chi connectivity index (χ2n) is 4.72. The summed E-state index contributed by atoms with van der Waals surface area (Å²) in [7, 11) is 0. The fourth-order valence-corrected chi connectivity index (χ4v) is 2.12. The van der Waals surface area contributed by atoms with Crippen LogP contribution in [0.25, 0.3) is 0 Å². The Morgan fingerprint density at radius 2 is 2.22 bits per heavy atom. The lowest BCUT2D eigenvalue weighted by Gasteiger charge is -2.24. The molecule has 1 saturated heterocycles. The normalized spacial score (nSPS) is 21.3. The maximum atomic E-state index is 11.9. The van der Waals surface area contributed by atoms with Gasteiger partial charge in [0.25, 0.3) is 0 Å². The van der Waals surface area contributed by atoms with E-state index in [1.807, 2.05) is 30.3 Å². The van der Waals surface area contributed by atoms with Crippen LogP contribution in [0.2, 0.25) is 0 Å². The molecule has 4 nitrogen and oxygen atoms in total. The number of carbonyl (C=O) groups excluding carboxylic acids is 1. The van der Waals surface area contributed by atoms with Gasteiger partial charge < -0.3 is 15.8 Å². The summed E-state index contributed by atoms with van der Waals surface area (Å²) in [5.41, 5.74) is 7.00. The molecule has 0 aromatic heterocycles. The number of carbonyl (C=O) groups is 1. The summed E-state index contributed by atoms with van der Waals surface area (Å²) >= 11 is 0. The van der Waals surface area contributed by atoms with Crippen molar-refractivity contribution in [1.29, 1.82) is 0 Å². The van der Waals surface area contributed by atoms with Crippen LogP contribution in [0.4, 0.5) is 0 Å². The first-order valence-electron chi connectivity index (χ1n) is 6.43. The Labute approximate surface area is 108 Å². The molecular formula is C14H20N2O2. The van der Waals surface area contributed by atoms with Crippen LogP contribution in [0.3, 0.4) is 0 Å². The molecule has 1 amide bonds. The number of benzene rings is 1. The molecule has 2 atom stereocenters. The van der Waals surface area contributed by atoms with Crippen LogP contribution < -0.4 is 11.1 Å². The largest absolute Gasteiger partial charge is 0.379 e. The van der Waals surface area contributed by atoms with E-state index in [2.05, 4.69) is 5.32 Å². The third kappa shape index (κ3) is 3.82. The van der Waals surface area contributed by atoms with E-state index in [0.717, 1.165) is 25.0 Å². The number of ether oxygens (including phenoxy) is 1. The average Bonchev–Trinajstić information content (AvgIpc) is 2.41. The Hall–Kier alpha value is -1.39. The molecule has 1 heterocycles. The zero-order valence-corrected chi connectivity index (χ0v) is 10.5. The summed E-state index contributed by atoms with van der Waals surface area (Å²) in [6.45, 7) is 1.40. The van der Waals surface area contributed by atoms with E-state index < -0.39 is 6.04 Å². The van der Waals surface area contributed by atoms with Crippen molar-refractivity contribution in [2.75, 3.05) is 13.2 Å². The van der Waals surface area contributed by atoms with Crippen molar-refractivity contribution >= 4 is 5.91 Å². The maximum Gasteiger partial charge on any atom is 0.237 e. The molecule has 98 valence electrons. The minimum Gasteiger partial charge on any atom is -0.379 e. The van der Waals surface area contributed by atoms with Crippen LogP contribution in [0.15, 0.2) is 30.3 Å². The van der Waals surface area contributed by atoms with Crippen LogP contribution in [0.1, 0.15) is 18.4 Å². The molecule has 0 saturated carbocycles. The van der Waals surface area contributed by atoms with E-state index in [4.69, 9.17) is 10.5 Å². The quantitative estimate of drug-likeness (QED) is 0.830. The molecule has 0 bridgehead atoms. The molecule has 0 aliphatic carbocycles. The molecular weight excluding hydrogens is 228 g/mol. The molecule has 0 radical (unpaired) electrons. The van der Waals surface area contributed by atoms with Gasteiger partial charge in [0.1, 0.15) is 0 Å². The Balaban J connectivity index is 1.81. The van der Waals surface area contributed by atoms with E-state index in [9.17, 15) is 4.79 Å². The SMILES string of the molecule is N[C@H](Cc1ccccc1)C(=O)NC1CCCOC1. The predicted octanol–water partition coefficient (Wildman–Crippen LogP) is 0.852. The lowest BCUT2D eigenvalue weighted by molar-refractivity contribution is -0.124. The number of nitrogens with two attached hydrogens (primary N) is 1. The molecule has 4 heteroatoms. The van der Waals surface area contributed by atoms with E-state index in [1.54, 1.807) is 0 Å². The number of amides is 1. The molecule has 1 aromatic rings. The number of hydrogen-bond acceptors (Lipinski definition) is 3. The predicted molar refractivity (Wildman–Crippen MR) is 70.1 cm³/mol. The van der Waals surface area contributed by atoms with Crippen LogP contribution in [-0.2, 0) is 16.0 Å². The summed E-state index contributed by atoms with van der Waals surface area (Å²) in [5, 5.41) is 2.95. The van der Waals surface area contributed by atoms with Gasteiger partial charge in [-0.05, 0) is 24.8 Å². The lowest BCUT2D eigenvalue weighted by atomic mass is 10.0. The van der Waals surface area contributed by atoms with Crippen molar-refractivity contribution in [3.63, 3.8) is 0 Å². The first-order chi connectivity index (χ1) is 8.75. The first-order valence-corrected chi connectivity index (χ1v) is 6.43. The van der Waals surface area contributed by atoms with Gasteiger partial charge in [-0.15, -0.1) is 0 Å².